The van der Waals surface area contributed by atoms with Crippen molar-refractivity contribution in [1.29, 1.82) is 5.26 Å². The zero-order valence-electron chi connectivity index (χ0n) is 9.13. The maximum absolute atomic E-state index is 11.6. The summed E-state index contributed by atoms with van der Waals surface area (Å²) in [5, 5.41) is 21.5. The first kappa shape index (κ1) is 12.4. The minimum absolute atomic E-state index is 0.249. The molecule has 0 aliphatic carbocycles. The molecule has 0 amide bonds. The topological polar surface area (TPSA) is 123 Å². The van der Waals surface area contributed by atoms with Gasteiger partial charge >= 0.3 is 16.9 Å². The van der Waals surface area contributed by atoms with Gasteiger partial charge in [-0.3, -0.25) is 24.0 Å². The third-order valence-electron chi connectivity index (χ3n) is 2.16. The van der Waals surface area contributed by atoms with Crippen molar-refractivity contribution in [3.63, 3.8) is 0 Å². The van der Waals surface area contributed by atoms with Gasteiger partial charge in [-0.1, -0.05) is 0 Å². The van der Waals surface area contributed by atoms with Gasteiger partial charge in [0.2, 0.25) is 0 Å². The molecule has 1 aromatic rings. The summed E-state index contributed by atoms with van der Waals surface area (Å²) in [6.07, 6.45) is 0. The molecule has 0 saturated carbocycles. The maximum Gasteiger partial charge on any atom is 0.374 e. The van der Waals surface area contributed by atoms with Gasteiger partial charge < -0.3 is 5.32 Å². The quantitative estimate of drug-likeness (QED) is 0.407. The molecule has 1 rings (SSSR count). The molecule has 0 unspecified atom stereocenters. The summed E-state index contributed by atoms with van der Waals surface area (Å²) in [7, 11) is 2.42. The summed E-state index contributed by atoms with van der Waals surface area (Å²) >= 11 is 0. The van der Waals surface area contributed by atoms with Crippen LogP contribution in [0.3, 0.4) is 0 Å². The van der Waals surface area contributed by atoms with Crippen molar-refractivity contribution in [3.8, 4) is 6.07 Å². The number of nitriles is 1. The third-order valence-corrected chi connectivity index (χ3v) is 2.16. The van der Waals surface area contributed by atoms with E-state index in [1.165, 1.54) is 7.05 Å². The van der Waals surface area contributed by atoms with Crippen molar-refractivity contribution in [2.75, 3.05) is 11.9 Å². The highest BCUT2D eigenvalue weighted by Gasteiger charge is 2.25. The average molecular weight is 239 g/mol. The van der Waals surface area contributed by atoms with Gasteiger partial charge in [-0.05, 0) is 0 Å². The lowest BCUT2D eigenvalue weighted by Gasteiger charge is -2.09. The van der Waals surface area contributed by atoms with Crippen LogP contribution in [0.4, 0.5) is 11.5 Å². The second kappa shape index (κ2) is 4.48. The van der Waals surface area contributed by atoms with Crippen LogP contribution in [0.15, 0.2) is 9.59 Å². The lowest BCUT2D eigenvalue weighted by molar-refractivity contribution is -0.386. The van der Waals surface area contributed by atoms with E-state index < -0.39 is 21.9 Å². The predicted octanol–water partition coefficient (Wildman–Crippen LogP) is -1.07. The number of aromatic nitrogens is 2. The van der Waals surface area contributed by atoms with E-state index in [-0.39, 0.29) is 12.4 Å². The molecule has 0 fully saturated rings. The van der Waals surface area contributed by atoms with Crippen LogP contribution < -0.4 is 16.6 Å². The Hall–Kier alpha value is -2.63. The Kier molecular flexibility index (Phi) is 3.28. The molecule has 0 bridgehead atoms. The van der Waals surface area contributed by atoms with Gasteiger partial charge in [0, 0.05) is 14.1 Å². The zero-order valence-corrected chi connectivity index (χ0v) is 9.13. The molecular formula is C8H9N5O4. The van der Waals surface area contributed by atoms with Crippen LogP contribution in [0, 0.1) is 21.4 Å². The summed E-state index contributed by atoms with van der Waals surface area (Å²) in [4.78, 5) is 33.0. The molecule has 0 radical (unpaired) electrons. The van der Waals surface area contributed by atoms with Crippen LogP contribution in [-0.4, -0.2) is 20.6 Å². The van der Waals surface area contributed by atoms with Crippen LogP contribution in [-0.2, 0) is 14.1 Å². The molecule has 0 aliphatic rings. The second-order valence-electron chi connectivity index (χ2n) is 3.17. The van der Waals surface area contributed by atoms with Gasteiger partial charge in [0.05, 0.1) is 11.0 Å². The van der Waals surface area contributed by atoms with Gasteiger partial charge in [-0.2, -0.15) is 5.26 Å². The van der Waals surface area contributed by atoms with Crippen molar-refractivity contribution in [2.24, 2.45) is 14.1 Å². The van der Waals surface area contributed by atoms with Crippen molar-refractivity contribution in [2.45, 2.75) is 0 Å². The first-order valence-corrected chi connectivity index (χ1v) is 4.47. The Morgan fingerprint density at radius 3 is 2.47 bits per heavy atom. The fraction of sp³-hybridized carbons (Fsp3) is 0.375. The van der Waals surface area contributed by atoms with E-state index in [1.54, 1.807) is 6.07 Å². The molecule has 0 aromatic carbocycles. The lowest BCUT2D eigenvalue weighted by atomic mass is 10.4. The largest absolute Gasteiger partial charge is 0.374 e. The van der Waals surface area contributed by atoms with E-state index >= 15 is 0 Å². The fourth-order valence-electron chi connectivity index (χ4n) is 1.32. The molecule has 9 nitrogen and oxygen atoms in total. The summed E-state index contributed by atoms with van der Waals surface area (Å²) in [5.74, 6) is -0.273. The van der Waals surface area contributed by atoms with E-state index in [0.717, 1.165) is 11.6 Å². The van der Waals surface area contributed by atoms with Gasteiger partial charge in [-0.15, -0.1) is 0 Å². The monoisotopic (exact) mass is 239 g/mol. The smallest absolute Gasteiger partial charge is 0.352 e. The van der Waals surface area contributed by atoms with E-state index in [2.05, 4.69) is 5.32 Å². The van der Waals surface area contributed by atoms with E-state index in [0.29, 0.717) is 4.57 Å². The van der Waals surface area contributed by atoms with Crippen molar-refractivity contribution in [3.05, 3.63) is 31.0 Å². The molecule has 9 heteroatoms. The van der Waals surface area contributed by atoms with E-state index in [4.69, 9.17) is 5.26 Å². The number of rotatable bonds is 3. The molecular weight excluding hydrogens is 230 g/mol. The maximum atomic E-state index is 11.6. The van der Waals surface area contributed by atoms with Gasteiger partial charge in [0.25, 0.3) is 0 Å². The zero-order chi connectivity index (χ0) is 13.2. The minimum atomic E-state index is -1.02. The fourth-order valence-corrected chi connectivity index (χ4v) is 1.32. The summed E-state index contributed by atoms with van der Waals surface area (Å²) in [6, 6.07) is 1.71. The first-order chi connectivity index (χ1) is 7.91. The average Bonchev–Trinajstić information content (AvgIpc) is 2.28. The molecule has 90 valence electrons. The molecule has 0 spiro atoms. The Bertz CT molecular complexity index is 621. The van der Waals surface area contributed by atoms with Crippen molar-refractivity contribution in [1.82, 2.24) is 9.13 Å². The van der Waals surface area contributed by atoms with E-state index in [9.17, 15) is 19.7 Å². The molecule has 0 atom stereocenters. The van der Waals surface area contributed by atoms with Gasteiger partial charge in [0.15, 0.2) is 5.82 Å². The number of nitrogens with zero attached hydrogens (tertiary/aromatic N) is 4. The van der Waals surface area contributed by atoms with Gasteiger partial charge in [0.1, 0.15) is 6.54 Å². The van der Waals surface area contributed by atoms with Gasteiger partial charge in [-0.25, -0.2) is 4.79 Å². The van der Waals surface area contributed by atoms with Crippen LogP contribution in [0.25, 0.3) is 0 Å². The summed E-state index contributed by atoms with van der Waals surface area (Å²) in [5.41, 5.74) is -2.48. The number of nitrogens with one attached hydrogen (secondary N) is 1. The third kappa shape index (κ3) is 2.00. The molecule has 0 aliphatic heterocycles. The van der Waals surface area contributed by atoms with Crippen molar-refractivity contribution < 1.29 is 4.92 Å². The first-order valence-electron chi connectivity index (χ1n) is 4.47. The highest BCUT2D eigenvalue weighted by Crippen LogP contribution is 2.15. The lowest BCUT2D eigenvalue weighted by Crippen LogP contribution is -2.39. The number of hydrogen-bond acceptors (Lipinski definition) is 6. The van der Waals surface area contributed by atoms with Crippen LogP contribution in [0.1, 0.15) is 0 Å². The molecule has 1 N–H and O–H groups in total. The Balaban J connectivity index is 3.67. The molecule has 1 aromatic heterocycles. The SMILES string of the molecule is Cn1c(NCC#N)c([N+](=O)[O-])c(=O)n(C)c1=O. The Labute approximate surface area is 94.7 Å². The van der Waals surface area contributed by atoms with E-state index in [1.807, 2.05) is 0 Å². The second-order valence-corrected chi connectivity index (χ2v) is 3.17. The number of hydrogen-bond donors (Lipinski definition) is 1. The van der Waals surface area contributed by atoms with Crippen LogP contribution >= 0.6 is 0 Å². The Morgan fingerprint density at radius 2 is 2.00 bits per heavy atom. The summed E-state index contributed by atoms with van der Waals surface area (Å²) in [6.45, 7) is -0.249. The van der Waals surface area contributed by atoms with Crippen LogP contribution in [0.2, 0.25) is 0 Å². The normalized spacial score (nSPS) is 9.71. The highest BCUT2D eigenvalue weighted by molar-refractivity contribution is 5.55. The molecule has 0 saturated heterocycles. The van der Waals surface area contributed by atoms with Crippen molar-refractivity contribution >= 4 is 11.5 Å². The predicted molar refractivity (Wildman–Crippen MR) is 57.7 cm³/mol. The standard InChI is InChI=1S/C8H9N5O4/c1-11-6(10-4-3-9)5(13(16)17)7(14)12(2)8(11)15/h10H,4H2,1-2H3. The highest BCUT2D eigenvalue weighted by atomic mass is 16.6. The Morgan fingerprint density at radius 1 is 1.41 bits per heavy atom. The molecule has 1 heterocycles. The summed E-state index contributed by atoms with van der Waals surface area (Å²) < 4.78 is 1.55. The van der Waals surface area contributed by atoms with Crippen LogP contribution in [0.5, 0.6) is 0 Å². The minimum Gasteiger partial charge on any atom is -0.352 e. The number of nitro groups is 1. The molecule has 17 heavy (non-hydrogen) atoms. The number of anilines is 1.